The first-order chi connectivity index (χ1) is 8.42. The smallest absolute Gasteiger partial charge is 0.333 e. The number of carboxylic acid groups (broad SMARTS) is 1. The minimum absolute atomic E-state index is 0.0284. The maximum absolute atomic E-state index is 11.0. The van der Waals surface area contributed by atoms with Gasteiger partial charge in [0.1, 0.15) is 0 Å². The number of methoxy groups -OCH3 is 2. The molecular formula is C12H16O6. The summed E-state index contributed by atoms with van der Waals surface area (Å²) in [6, 6.07) is 0. The zero-order valence-corrected chi connectivity index (χ0v) is 10.4. The molecule has 6 heteroatoms. The van der Waals surface area contributed by atoms with Gasteiger partial charge in [0.05, 0.1) is 14.2 Å². The number of hydrogen-bond acceptors (Lipinski definition) is 5. The normalized spacial score (nSPS) is 10.7. The molecule has 0 saturated carbocycles. The van der Waals surface area contributed by atoms with Crippen LogP contribution in [0.2, 0.25) is 0 Å². The van der Waals surface area contributed by atoms with E-state index in [2.05, 4.69) is 16.1 Å². The maximum Gasteiger partial charge on any atom is 0.333 e. The first-order valence-electron chi connectivity index (χ1n) is 5.17. The molecule has 6 nitrogen and oxygen atoms in total. The molecule has 0 aromatic heterocycles. The number of allylic oxidation sites excluding steroid dienone is 1. The van der Waals surface area contributed by atoms with Gasteiger partial charge in [0.2, 0.25) is 0 Å². The molecule has 0 spiro atoms. The highest BCUT2D eigenvalue weighted by molar-refractivity contribution is 5.90. The fourth-order valence-corrected chi connectivity index (χ4v) is 1.11. The minimum Gasteiger partial charge on any atom is -0.478 e. The molecule has 0 radical (unpaired) electrons. The molecule has 1 N–H and O–H groups in total. The number of carbonyl (C=O) groups is 3. The van der Waals surface area contributed by atoms with E-state index in [1.807, 2.05) is 0 Å². The lowest BCUT2D eigenvalue weighted by atomic mass is 10.1. The molecule has 0 aliphatic rings. The van der Waals surface area contributed by atoms with Crippen molar-refractivity contribution in [3.05, 3.63) is 23.8 Å². The fourth-order valence-electron chi connectivity index (χ4n) is 1.11. The van der Waals surface area contributed by atoms with E-state index in [4.69, 9.17) is 5.11 Å². The number of ether oxygens (including phenoxy) is 2. The van der Waals surface area contributed by atoms with Gasteiger partial charge in [0.25, 0.3) is 0 Å². The highest BCUT2D eigenvalue weighted by Gasteiger charge is 2.12. The third-order valence-corrected chi connectivity index (χ3v) is 2.17. The standard InChI is InChI=1S/C12H16O6/c1-8(12(16)18-3)4-5-9(11(14)15)6-7-10(13)17-2/h5H,1,4,6-7H2,2-3H3,(H,14,15). The van der Waals surface area contributed by atoms with Gasteiger partial charge in [0.15, 0.2) is 0 Å². The summed E-state index contributed by atoms with van der Waals surface area (Å²) in [6.45, 7) is 3.46. The van der Waals surface area contributed by atoms with Gasteiger partial charge < -0.3 is 14.6 Å². The van der Waals surface area contributed by atoms with Gasteiger partial charge in [-0.25, -0.2) is 9.59 Å². The Kier molecular flexibility index (Phi) is 7.11. The van der Waals surface area contributed by atoms with Crippen LogP contribution in [0.4, 0.5) is 0 Å². The number of hydrogen-bond donors (Lipinski definition) is 1. The van der Waals surface area contributed by atoms with Crippen LogP contribution >= 0.6 is 0 Å². The van der Waals surface area contributed by atoms with E-state index >= 15 is 0 Å². The van der Waals surface area contributed by atoms with Crippen molar-refractivity contribution in [2.24, 2.45) is 0 Å². The second kappa shape index (κ2) is 8.05. The zero-order valence-electron chi connectivity index (χ0n) is 10.4. The highest BCUT2D eigenvalue weighted by Crippen LogP contribution is 2.11. The first kappa shape index (κ1) is 15.9. The van der Waals surface area contributed by atoms with Crippen molar-refractivity contribution in [1.82, 2.24) is 0 Å². The summed E-state index contributed by atoms with van der Waals surface area (Å²) >= 11 is 0. The average Bonchev–Trinajstić information content (AvgIpc) is 2.36. The Morgan fingerprint density at radius 3 is 2.22 bits per heavy atom. The predicted molar refractivity (Wildman–Crippen MR) is 62.7 cm³/mol. The number of rotatable bonds is 7. The van der Waals surface area contributed by atoms with Gasteiger partial charge in [-0.05, 0) is 12.8 Å². The van der Waals surface area contributed by atoms with Crippen molar-refractivity contribution in [3.8, 4) is 0 Å². The summed E-state index contributed by atoms with van der Waals surface area (Å²) in [5.74, 6) is -2.23. The SMILES string of the molecule is C=C(CC=C(CCC(=O)OC)C(=O)O)C(=O)OC. The molecule has 0 atom stereocenters. The summed E-state index contributed by atoms with van der Waals surface area (Å²) in [4.78, 5) is 32.8. The fraction of sp³-hybridized carbons (Fsp3) is 0.417. The summed E-state index contributed by atoms with van der Waals surface area (Å²) in [6.07, 6.45) is 1.41. The van der Waals surface area contributed by atoms with Crippen molar-refractivity contribution < 1.29 is 29.0 Å². The van der Waals surface area contributed by atoms with Gasteiger partial charge >= 0.3 is 17.9 Å². The summed E-state index contributed by atoms with van der Waals surface area (Å²) < 4.78 is 8.84. The maximum atomic E-state index is 11.0. The van der Waals surface area contributed by atoms with Crippen LogP contribution < -0.4 is 0 Å². The Morgan fingerprint density at radius 1 is 1.17 bits per heavy atom. The molecule has 0 aromatic carbocycles. The van der Waals surface area contributed by atoms with Gasteiger partial charge in [-0.1, -0.05) is 12.7 Å². The van der Waals surface area contributed by atoms with Crippen molar-refractivity contribution in [1.29, 1.82) is 0 Å². The van der Waals surface area contributed by atoms with Crippen molar-refractivity contribution >= 4 is 17.9 Å². The summed E-state index contributed by atoms with van der Waals surface area (Å²) in [5.41, 5.74) is 0.180. The van der Waals surface area contributed by atoms with Crippen LogP contribution in [0.1, 0.15) is 19.3 Å². The second-order valence-corrected chi connectivity index (χ2v) is 3.41. The molecule has 18 heavy (non-hydrogen) atoms. The number of carbonyl (C=O) groups excluding carboxylic acids is 2. The van der Waals surface area contributed by atoms with Gasteiger partial charge in [-0.2, -0.15) is 0 Å². The number of aliphatic carboxylic acids is 1. The van der Waals surface area contributed by atoms with E-state index in [1.165, 1.54) is 20.3 Å². The Labute approximate surface area is 105 Å². The lowest BCUT2D eigenvalue weighted by Crippen LogP contribution is -2.07. The average molecular weight is 256 g/mol. The molecular weight excluding hydrogens is 240 g/mol. The topological polar surface area (TPSA) is 89.9 Å². The molecule has 0 aromatic rings. The molecule has 0 fully saturated rings. The van der Waals surface area contributed by atoms with E-state index in [9.17, 15) is 14.4 Å². The molecule has 0 bridgehead atoms. The van der Waals surface area contributed by atoms with E-state index in [0.717, 1.165) is 0 Å². The van der Waals surface area contributed by atoms with E-state index in [1.54, 1.807) is 0 Å². The van der Waals surface area contributed by atoms with Crippen LogP contribution in [0.15, 0.2) is 23.8 Å². The quantitative estimate of drug-likeness (QED) is 0.541. The predicted octanol–water partition coefficient (Wildman–Crippen LogP) is 1.07. The number of carboxylic acids is 1. The summed E-state index contributed by atoms with van der Waals surface area (Å²) in [7, 11) is 2.44. The lowest BCUT2D eigenvalue weighted by molar-refractivity contribution is -0.140. The van der Waals surface area contributed by atoms with Crippen molar-refractivity contribution in [2.45, 2.75) is 19.3 Å². The molecule has 0 aliphatic carbocycles. The first-order valence-corrected chi connectivity index (χ1v) is 5.17. The van der Waals surface area contributed by atoms with Crippen LogP contribution in [0.3, 0.4) is 0 Å². The van der Waals surface area contributed by atoms with Crippen LogP contribution in [-0.4, -0.2) is 37.2 Å². The molecule has 0 amide bonds. The van der Waals surface area contributed by atoms with Crippen LogP contribution in [0.25, 0.3) is 0 Å². The Balaban J connectivity index is 4.51. The summed E-state index contributed by atoms with van der Waals surface area (Å²) in [5, 5.41) is 8.90. The van der Waals surface area contributed by atoms with E-state index < -0.39 is 17.9 Å². The Bertz CT molecular complexity index is 380. The van der Waals surface area contributed by atoms with Gasteiger partial charge in [-0.3, -0.25) is 4.79 Å². The van der Waals surface area contributed by atoms with Crippen LogP contribution in [-0.2, 0) is 23.9 Å². The molecule has 0 rings (SSSR count). The van der Waals surface area contributed by atoms with Crippen molar-refractivity contribution in [2.75, 3.05) is 14.2 Å². The van der Waals surface area contributed by atoms with Crippen LogP contribution in [0, 0.1) is 0 Å². The monoisotopic (exact) mass is 256 g/mol. The van der Waals surface area contributed by atoms with Gasteiger partial charge in [0, 0.05) is 17.6 Å². The van der Waals surface area contributed by atoms with E-state index in [-0.39, 0.29) is 30.4 Å². The number of esters is 2. The van der Waals surface area contributed by atoms with Gasteiger partial charge in [-0.15, -0.1) is 0 Å². The van der Waals surface area contributed by atoms with Crippen molar-refractivity contribution in [3.63, 3.8) is 0 Å². The second-order valence-electron chi connectivity index (χ2n) is 3.41. The molecule has 0 heterocycles. The van der Waals surface area contributed by atoms with Crippen LogP contribution in [0.5, 0.6) is 0 Å². The Hall–Kier alpha value is -2.11. The zero-order chi connectivity index (χ0) is 14.1. The Morgan fingerprint density at radius 2 is 1.78 bits per heavy atom. The molecule has 0 unspecified atom stereocenters. The minimum atomic E-state index is -1.14. The molecule has 0 saturated heterocycles. The third kappa shape index (κ3) is 5.83. The largest absolute Gasteiger partial charge is 0.478 e. The molecule has 100 valence electrons. The lowest BCUT2D eigenvalue weighted by Gasteiger charge is -2.03. The molecule has 0 aliphatic heterocycles. The van der Waals surface area contributed by atoms with E-state index in [0.29, 0.717) is 0 Å². The third-order valence-electron chi connectivity index (χ3n) is 2.17. The highest BCUT2D eigenvalue weighted by atomic mass is 16.5.